The lowest BCUT2D eigenvalue weighted by Crippen LogP contribution is -2.27. The van der Waals surface area contributed by atoms with Gasteiger partial charge >= 0.3 is 0 Å². The molecule has 2 unspecified atom stereocenters. The molecule has 5 rings (SSSR count). The second-order valence-corrected chi connectivity index (χ2v) is 8.76. The molecule has 0 radical (unpaired) electrons. The Morgan fingerprint density at radius 1 is 0.914 bits per heavy atom. The van der Waals surface area contributed by atoms with Crippen molar-refractivity contribution in [2.24, 2.45) is 0 Å². The highest BCUT2D eigenvalue weighted by molar-refractivity contribution is 6.01. The maximum atomic E-state index is 13.8. The first-order valence-corrected chi connectivity index (χ1v) is 11.9. The zero-order valence-corrected chi connectivity index (χ0v) is 20.3. The largest absolute Gasteiger partial charge is 0.497 e. The summed E-state index contributed by atoms with van der Waals surface area (Å²) in [5, 5.41) is 7.22. The van der Waals surface area contributed by atoms with Crippen molar-refractivity contribution >= 4 is 17.2 Å². The number of methoxy groups -OCH3 is 2. The number of nitrogens with one attached hydrogen (secondary N) is 2. The number of rotatable bonds is 6. The van der Waals surface area contributed by atoms with Crippen molar-refractivity contribution in [2.75, 3.05) is 31.5 Å². The van der Waals surface area contributed by atoms with Gasteiger partial charge in [0.25, 0.3) is 0 Å². The van der Waals surface area contributed by atoms with Crippen LogP contribution in [0.5, 0.6) is 17.2 Å². The van der Waals surface area contributed by atoms with Crippen LogP contribution in [0.3, 0.4) is 0 Å². The van der Waals surface area contributed by atoms with Gasteiger partial charge in [-0.2, -0.15) is 0 Å². The number of hydrogen-bond acceptors (Lipinski definition) is 6. The lowest BCUT2D eigenvalue weighted by molar-refractivity contribution is -0.116. The first-order chi connectivity index (χ1) is 17.1. The lowest BCUT2D eigenvalue weighted by atomic mass is 9.78. The number of carbonyl (C=O) groups is 1. The van der Waals surface area contributed by atoms with Crippen LogP contribution in [0.1, 0.15) is 42.9 Å². The van der Waals surface area contributed by atoms with Crippen molar-refractivity contribution in [3.63, 3.8) is 0 Å². The fraction of sp³-hybridized carbons (Fsp3) is 0.276. The van der Waals surface area contributed by atoms with Gasteiger partial charge in [0.1, 0.15) is 5.75 Å². The van der Waals surface area contributed by atoms with Crippen LogP contribution in [0.4, 0.5) is 11.4 Å². The minimum absolute atomic E-state index is 0.0615. The summed E-state index contributed by atoms with van der Waals surface area (Å²) in [5.41, 5.74) is 5.54. The smallest absolute Gasteiger partial charge is 0.166 e. The lowest BCUT2D eigenvalue weighted by Gasteiger charge is -2.31. The Hall–Kier alpha value is -3.93. The first-order valence-electron chi connectivity index (χ1n) is 11.9. The standard InChI is InChI=1S/C29H30N2O4/c1-4-35-29-21(11-8-14-26(29)34-3)28-27-24(30-22-12-5-6-13-23(22)31-28)16-19(17-25(27)32)18-9-7-10-20(15-18)33-2/h5-15,19,28,30-31H,4,16-17H2,1-3H3. The molecule has 1 aliphatic carbocycles. The SMILES string of the molecule is CCOc1c(OC)cccc1C1Nc2ccccc2NC2=C1C(=O)CC(c1cccc(OC)c1)C2. The van der Waals surface area contributed by atoms with E-state index in [2.05, 4.69) is 16.7 Å². The summed E-state index contributed by atoms with van der Waals surface area (Å²) in [6.45, 7) is 2.44. The summed E-state index contributed by atoms with van der Waals surface area (Å²) < 4.78 is 17.1. The third-order valence-corrected chi connectivity index (χ3v) is 6.70. The van der Waals surface area contributed by atoms with Crippen LogP contribution in [0, 0.1) is 0 Å². The van der Waals surface area contributed by atoms with Crippen LogP contribution in [0.2, 0.25) is 0 Å². The van der Waals surface area contributed by atoms with E-state index in [1.807, 2.05) is 67.6 Å². The van der Waals surface area contributed by atoms with Gasteiger partial charge < -0.3 is 24.8 Å². The van der Waals surface area contributed by atoms with E-state index < -0.39 is 0 Å². The van der Waals surface area contributed by atoms with Crippen molar-refractivity contribution in [3.8, 4) is 17.2 Å². The van der Waals surface area contributed by atoms with Crippen molar-refractivity contribution in [2.45, 2.75) is 31.7 Å². The summed E-state index contributed by atoms with van der Waals surface area (Å²) in [7, 11) is 3.30. The summed E-state index contributed by atoms with van der Waals surface area (Å²) in [6.07, 6.45) is 1.14. The fourth-order valence-electron chi connectivity index (χ4n) is 5.08. The Morgan fingerprint density at radius 2 is 1.71 bits per heavy atom. The Kier molecular flexibility index (Phi) is 6.36. The molecule has 1 aliphatic heterocycles. The molecule has 1 heterocycles. The van der Waals surface area contributed by atoms with E-state index in [1.165, 1.54) is 0 Å². The van der Waals surface area contributed by atoms with E-state index in [-0.39, 0.29) is 17.7 Å². The van der Waals surface area contributed by atoms with Crippen LogP contribution in [-0.4, -0.2) is 26.6 Å². The number of hydrogen-bond donors (Lipinski definition) is 2. The fourth-order valence-corrected chi connectivity index (χ4v) is 5.08. The molecule has 6 heteroatoms. The molecule has 3 aromatic rings. The zero-order chi connectivity index (χ0) is 24.4. The van der Waals surface area contributed by atoms with Gasteiger partial charge in [-0.15, -0.1) is 0 Å². The zero-order valence-electron chi connectivity index (χ0n) is 20.3. The van der Waals surface area contributed by atoms with Crippen molar-refractivity contribution < 1.29 is 19.0 Å². The molecular weight excluding hydrogens is 440 g/mol. The predicted molar refractivity (Wildman–Crippen MR) is 138 cm³/mol. The number of anilines is 2. The average Bonchev–Trinajstić information content (AvgIpc) is 3.06. The highest BCUT2D eigenvalue weighted by Gasteiger charge is 2.37. The number of ether oxygens (including phenoxy) is 3. The number of allylic oxidation sites excluding steroid dienone is 1. The minimum Gasteiger partial charge on any atom is -0.497 e. The van der Waals surface area contributed by atoms with E-state index in [1.54, 1.807) is 14.2 Å². The van der Waals surface area contributed by atoms with Crippen LogP contribution in [0.15, 0.2) is 78.0 Å². The van der Waals surface area contributed by atoms with Gasteiger partial charge in [-0.3, -0.25) is 4.79 Å². The average molecular weight is 471 g/mol. The van der Waals surface area contributed by atoms with E-state index in [0.29, 0.717) is 30.9 Å². The number of benzene rings is 3. The van der Waals surface area contributed by atoms with E-state index in [0.717, 1.165) is 39.5 Å². The highest BCUT2D eigenvalue weighted by atomic mass is 16.5. The summed E-state index contributed by atoms with van der Waals surface area (Å²) >= 11 is 0. The second kappa shape index (κ2) is 9.74. The molecule has 0 saturated heterocycles. The normalized spacial score (nSPS) is 19.0. The monoisotopic (exact) mass is 470 g/mol. The van der Waals surface area contributed by atoms with Gasteiger partial charge in [0.05, 0.1) is 38.2 Å². The summed E-state index contributed by atoms with van der Waals surface area (Å²) in [5.74, 6) is 2.28. The number of fused-ring (bicyclic) bond motifs is 1. The maximum absolute atomic E-state index is 13.8. The molecular formula is C29H30N2O4. The van der Waals surface area contributed by atoms with Gasteiger partial charge in [0, 0.05) is 23.3 Å². The predicted octanol–water partition coefficient (Wildman–Crippen LogP) is 6.08. The van der Waals surface area contributed by atoms with Crippen LogP contribution >= 0.6 is 0 Å². The quantitative estimate of drug-likeness (QED) is 0.455. The van der Waals surface area contributed by atoms with Gasteiger partial charge in [-0.05, 0) is 55.2 Å². The minimum atomic E-state index is -0.378. The molecule has 0 spiro atoms. The van der Waals surface area contributed by atoms with Crippen molar-refractivity contribution in [1.29, 1.82) is 0 Å². The number of Topliss-reactive ketones (excluding diaryl/α,β-unsaturated/α-hetero) is 1. The third-order valence-electron chi connectivity index (χ3n) is 6.70. The molecule has 0 bridgehead atoms. The second-order valence-electron chi connectivity index (χ2n) is 8.76. The molecule has 3 aromatic carbocycles. The Balaban J connectivity index is 1.64. The van der Waals surface area contributed by atoms with Gasteiger partial charge in [-0.25, -0.2) is 0 Å². The number of ketones is 1. The molecule has 0 aromatic heterocycles. The van der Waals surface area contributed by atoms with E-state index >= 15 is 0 Å². The number of carbonyl (C=O) groups excluding carboxylic acids is 1. The first kappa shape index (κ1) is 22.8. The highest BCUT2D eigenvalue weighted by Crippen LogP contribution is 2.47. The van der Waals surface area contributed by atoms with Crippen LogP contribution in [-0.2, 0) is 4.79 Å². The Bertz CT molecular complexity index is 1280. The summed E-state index contributed by atoms with van der Waals surface area (Å²) in [4.78, 5) is 13.8. The Morgan fingerprint density at radius 3 is 2.49 bits per heavy atom. The van der Waals surface area contributed by atoms with Gasteiger partial charge in [0.15, 0.2) is 17.3 Å². The van der Waals surface area contributed by atoms with Crippen molar-refractivity contribution in [3.05, 3.63) is 89.1 Å². The molecule has 6 nitrogen and oxygen atoms in total. The van der Waals surface area contributed by atoms with Crippen molar-refractivity contribution in [1.82, 2.24) is 0 Å². The van der Waals surface area contributed by atoms with E-state index in [4.69, 9.17) is 14.2 Å². The topological polar surface area (TPSA) is 68.8 Å². The van der Waals surface area contributed by atoms with Gasteiger partial charge in [0.2, 0.25) is 0 Å². The molecule has 0 amide bonds. The molecule has 0 saturated carbocycles. The number of para-hydroxylation sites is 3. The molecule has 0 fully saturated rings. The molecule has 180 valence electrons. The summed E-state index contributed by atoms with van der Waals surface area (Å²) in [6, 6.07) is 21.5. The molecule has 35 heavy (non-hydrogen) atoms. The van der Waals surface area contributed by atoms with Crippen LogP contribution < -0.4 is 24.8 Å². The van der Waals surface area contributed by atoms with Gasteiger partial charge in [-0.1, -0.05) is 36.4 Å². The third kappa shape index (κ3) is 4.32. The van der Waals surface area contributed by atoms with E-state index in [9.17, 15) is 4.79 Å². The Labute approximate surface area is 205 Å². The maximum Gasteiger partial charge on any atom is 0.166 e. The molecule has 2 atom stereocenters. The molecule has 2 aliphatic rings. The van der Waals surface area contributed by atoms with Crippen LogP contribution in [0.25, 0.3) is 0 Å². The molecule has 2 N–H and O–H groups in total.